The molecule has 22 heavy (non-hydrogen) atoms. The molecule has 0 aliphatic heterocycles. The molecule has 0 bridgehead atoms. The van der Waals surface area contributed by atoms with Gasteiger partial charge in [0.1, 0.15) is 17.5 Å². The second-order valence-electron chi connectivity index (χ2n) is 4.33. The van der Waals surface area contributed by atoms with Crippen LogP contribution in [0.25, 0.3) is 0 Å². The quantitative estimate of drug-likeness (QED) is 0.675. The number of hydrogen-bond acceptors (Lipinski definition) is 5. The molecule has 1 unspecified atom stereocenters. The van der Waals surface area contributed by atoms with E-state index in [0.717, 1.165) is 0 Å². The van der Waals surface area contributed by atoms with E-state index in [0.29, 0.717) is 11.5 Å². The van der Waals surface area contributed by atoms with Crippen LogP contribution in [0.3, 0.4) is 0 Å². The van der Waals surface area contributed by atoms with Crippen molar-refractivity contribution in [3.05, 3.63) is 60.7 Å². The number of carbonyl (C=O) groups is 2. The van der Waals surface area contributed by atoms with Crippen LogP contribution in [-0.4, -0.2) is 18.0 Å². The van der Waals surface area contributed by atoms with Crippen LogP contribution >= 0.6 is 12.4 Å². The zero-order valence-electron chi connectivity index (χ0n) is 11.7. The molecule has 0 radical (unpaired) electrons. The molecule has 6 heteroatoms. The molecule has 0 amide bonds. The van der Waals surface area contributed by atoms with E-state index >= 15 is 0 Å². The van der Waals surface area contributed by atoms with Gasteiger partial charge in [-0.25, -0.2) is 4.79 Å². The number of halogens is 1. The van der Waals surface area contributed by atoms with Crippen molar-refractivity contribution in [2.24, 2.45) is 5.73 Å². The van der Waals surface area contributed by atoms with Gasteiger partial charge in [-0.1, -0.05) is 36.4 Å². The van der Waals surface area contributed by atoms with Gasteiger partial charge < -0.3 is 15.2 Å². The lowest BCUT2D eigenvalue weighted by Gasteiger charge is -2.10. The molecule has 2 aromatic rings. The number of benzene rings is 2. The summed E-state index contributed by atoms with van der Waals surface area (Å²) in [5, 5.41) is 0. The summed E-state index contributed by atoms with van der Waals surface area (Å²) in [6.45, 7) is 0. The fourth-order valence-corrected chi connectivity index (χ4v) is 1.60. The highest BCUT2D eigenvalue weighted by molar-refractivity contribution is 5.85. The molecular weight excluding hydrogens is 306 g/mol. The van der Waals surface area contributed by atoms with Crippen LogP contribution in [0.15, 0.2) is 60.7 Å². The number of nitrogens with two attached hydrogens (primary N) is 1. The number of ether oxygens (including phenoxy) is 2. The van der Waals surface area contributed by atoms with E-state index in [1.165, 1.54) is 0 Å². The predicted octanol–water partition coefficient (Wildman–Crippen LogP) is 2.34. The molecule has 2 N–H and O–H groups in total. The van der Waals surface area contributed by atoms with E-state index in [9.17, 15) is 9.59 Å². The summed E-state index contributed by atoms with van der Waals surface area (Å²) in [5.41, 5.74) is 5.64. The summed E-state index contributed by atoms with van der Waals surface area (Å²) in [7, 11) is 0. The van der Waals surface area contributed by atoms with Gasteiger partial charge in [0.15, 0.2) is 0 Å². The first-order valence-electron chi connectivity index (χ1n) is 6.43. The van der Waals surface area contributed by atoms with Gasteiger partial charge in [0.2, 0.25) is 0 Å². The van der Waals surface area contributed by atoms with Crippen LogP contribution in [0.4, 0.5) is 0 Å². The Bertz CT molecular complexity index is 604. The molecule has 0 aromatic heterocycles. The summed E-state index contributed by atoms with van der Waals surface area (Å²) in [5.74, 6) is -0.467. The highest BCUT2D eigenvalue weighted by Crippen LogP contribution is 2.12. The third-order valence-corrected chi connectivity index (χ3v) is 2.63. The van der Waals surface area contributed by atoms with Crippen LogP contribution in [0.5, 0.6) is 11.5 Å². The minimum Gasteiger partial charge on any atom is -0.426 e. The summed E-state index contributed by atoms with van der Waals surface area (Å²) in [6.07, 6.45) is -0.249. The smallest absolute Gasteiger partial charge is 0.328 e. The minimum atomic E-state index is -1.07. The second-order valence-corrected chi connectivity index (χ2v) is 4.33. The SMILES string of the molecule is Cl.NC(CC(=O)Oc1ccccc1)C(=O)Oc1ccccc1. The maximum absolute atomic E-state index is 11.7. The fourth-order valence-electron chi connectivity index (χ4n) is 1.60. The van der Waals surface area contributed by atoms with Crippen molar-refractivity contribution >= 4 is 24.3 Å². The first kappa shape index (κ1) is 17.7. The molecule has 0 aliphatic carbocycles. The van der Waals surface area contributed by atoms with Crippen molar-refractivity contribution < 1.29 is 19.1 Å². The second kappa shape index (κ2) is 8.81. The molecule has 0 fully saturated rings. The minimum absolute atomic E-state index is 0. The van der Waals surface area contributed by atoms with Crippen molar-refractivity contribution in [1.82, 2.24) is 0 Å². The van der Waals surface area contributed by atoms with Crippen molar-refractivity contribution in [3.8, 4) is 11.5 Å². The lowest BCUT2D eigenvalue weighted by atomic mass is 10.2. The van der Waals surface area contributed by atoms with Crippen molar-refractivity contribution in [1.29, 1.82) is 0 Å². The first-order chi connectivity index (χ1) is 10.1. The van der Waals surface area contributed by atoms with Gasteiger partial charge in [-0.2, -0.15) is 0 Å². The van der Waals surface area contributed by atoms with Gasteiger partial charge >= 0.3 is 11.9 Å². The normalized spacial score (nSPS) is 11.0. The zero-order chi connectivity index (χ0) is 15.1. The number of para-hydroxylation sites is 2. The Morgan fingerprint density at radius 3 is 1.82 bits per heavy atom. The molecule has 2 aromatic carbocycles. The molecule has 0 aliphatic rings. The molecular formula is C16H16ClNO4. The maximum Gasteiger partial charge on any atom is 0.328 e. The van der Waals surface area contributed by atoms with E-state index in [2.05, 4.69) is 0 Å². The fraction of sp³-hybridized carbons (Fsp3) is 0.125. The van der Waals surface area contributed by atoms with Gasteiger partial charge in [-0.3, -0.25) is 4.79 Å². The standard InChI is InChI=1S/C16H15NO4.ClH/c17-14(16(19)21-13-9-5-2-6-10-13)11-15(18)20-12-7-3-1-4-8-12;/h1-10,14H,11,17H2;1H. The van der Waals surface area contributed by atoms with Crippen LogP contribution in [0.1, 0.15) is 6.42 Å². The van der Waals surface area contributed by atoms with Crippen molar-refractivity contribution in [2.45, 2.75) is 12.5 Å². The Balaban J connectivity index is 0.00000242. The number of hydrogen-bond donors (Lipinski definition) is 1. The lowest BCUT2D eigenvalue weighted by molar-refractivity contribution is -0.142. The lowest BCUT2D eigenvalue weighted by Crippen LogP contribution is -2.37. The number of carbonyl (C=O) groups excluding carboxylic acids is 2. The monoisotopic (exact) mass is 321 g/mol. The first-order valence-corrected chi connectivity index (χ1v) is 6.43. The highest BCUT2D eigenvalue weighted by atomic mass is 35.5. The van der Waals surface area contributed by atoms with E-state index in [1.54, 1.807) is 60.7 Å². The van der Waals surface area contributed by atoms with Gasteiger partial charge in [0.05, 0.1) is 6.42 Å². The van der Waals surface area contributed by atoms with E-state index in [-0.39, 0.29) is 18.8 Å². The average Bonchev–Trinajstić information content (AvgIpc) is 2.49. The third kappa shape index (κ3) is 5.55. The Kier molecular flexibility index (Phi) is 7.08. The summed E-state index contributed by atoms with van der Waals surface area (Å²) in [4.78, 5) is 23.4. The van der Waals surface area contributed by atoms with Gasteiger partial charge in [-0.15, -0.1) is 12.4 Å². The van der Waals surface area contributed by atoms with E-state index in [4.69, 9.17) is 15.2 Å². The maximum atomic E-state index is 11.7. The topological polar surface area (TPSA) is 78.6 Å². The van der Waals surface area contributed by atoms with Crippen molar-refractivity contribution in [2.75, 3.05) is 0 Å². The third-order valence-electron chi connectivity index (χ3n) is 2.63. The number of esters is 2. The molecule has 5 nitrogen and oxygen atoms in total. The summed E-state index contributed by atoms with van der Waals surface area (Å²) >= 11 is 0. The summed E-state index contributed by atoms with van der Waals surface area (Å²) in [6, 6.07) is 16.0. The molecule has 116 valence electrons. The van der Waals surface area contributed by atoms with Gasteiger partial charge in [0.25, 0.3) is 0 Å². The molecule has 1 atom stereocenters. The van der Waals surface area contributed by atoms with E-state index < -0.39 is 18.0 Å². The molecule has 0 saturated carbocycles. The predicted molar refractivity (Wildman–Crippen MR) is 84.0 cm³/mol. The molecule has 0 saturated heterocycles. The molecule has 0 heterocycles. The van der Waals surface area contributed by atoms with Crippen molar-refractivity contribution in [3.63, 3.8) is 0 Å². The zero-order valence-corrected chi connectivity index (χ0v) is 12.5. The number of rotatable bonds is 5. The highest BCUT2D eigenvalue weighted by Gasteiger charge is 2.21. The largest absolute Gasteiger partial charge is 0.426 e. The van der Waals surface area contributed by atoms with Gasteiger partial charge in [-0.05, 0) is 24.3 Å². The van der Waals surface area contributed by atoms with Gasteiger partial charge in [0, 0.05) is 0 Å². The molecule has 0 spiro atoms. The Labute approximate surface area is 134 Å². The molecule has 2 rings (SSSR count). The Morgan fingerprint density at radius 1 is 0.864 bits per heavy atom. The van der Waals surface area contributed by atoms with Crippen LogP contribution in [0.2, 0.25) is 0 Å². The van der Waals surface area contributed by atoms with Crippen LogP contribution in [-0.2, 0) is 9.59 Å². The average molecular weight is 322 g/mol. The Morgan fingerprint density at radius 2 is 1.32 bits per heavy atom. The summed E-state index contributed by atoms with van der Waals surface area (Å²) < 4.78 is 10.1. The van der Waals surface area contributed by atoms with E-state index in [1.807, 2.05) is 0 Å². The van der Waals surface area contributed by atoms with Crippen LogP contribution in [0, 0.1) is 0 Å². The van der Waals surface area contributed by atoms with Crippen LogP contribution < -0.4 is 15.2 Å². The Hall–Kier alpha value is -2.37.